The van der Waals surface area contributed by atoms with Crippen molar-refractivity contribution in [3.8, 4) is 5.88 Å². The predicted octanol–water partition coefficient (Wildman–Crippen LogP) is 1.29. The summed E-state index contributed by atoms with van der Waals surface area (Å²) in [6.45, 7) is 1.76. The van der Waals surface area contributed by atoms with Gasteiger partial charge in [0.15, 0.2) is 5.78 Å². The van der Waals surface area contributed by atoms with Gasteiger partial charge in [-0.3, -0.25) is 4.79 Å². The molecule has 0 saturated heterocycles. The van der Waals surface area contributed by atoms with Gasteiger partial charge in [-0.1, -0.05) is 6.92 Å². The first kappa shape index (κ1) is 8.16. The first-order chi connectivity index (χ1) is 6.18. The van der Waals surface area contributed by atoms with Crippen LogP contribution in [0.3, 0.4) is 0 Å². The van der Waals surface area contributed by atoms with Gasteiger partial charge >= 0.3 is 0 Å². The lowest BCUT2D eigenvalue weighted by Crippen LogP contribution is -2.24. The van der Waals surface area contributed by atoms with Crippen molar-refractivity contribution in [1.29, 1.82) is 0 Å². The van der Waals surface area contributed by atoms with Crippen molar-refractivity contribution < 1.29 is 13.9 Å². The molecule has 1 aromatic rings. The molecule has 0 N–H and O–H groups in total. The molecule has 0 spiro atoms. The van der Waals surface area contributed by atoms with Gasteiger partial charge < -0.3 is 4.74 Å². The lowest BCUT2D eigenvalue weighted by Gasteiger charge is -2.20. The third-order valence-corrected chi connectivity index (χ3v) is 2.15. The molecule has 2 heterocycles. The molecular weight excluding hydrogens is 173 g/mol. The van der Waals surface area contributed by atoms with Crippen LogP contribution in [0.25, 0.3) is 0 Å². The van der Waals surface area contributed by atoms with E-state index in [0.29, 0.717) is 11.4 Å². The van der Waals surface area contributed by atoms with Crippen LogP contribution >= 0.6 is 0 Å². The zero-order valence-electron chi connectivity index (χ0n) is 7.08. The van der Waals surface area contributed by atoms with E-state index in [2.05, 4.69) is 4.98 Å². The Kier molecular flexibility index (Phi) is 1.76. The fourth-order valence-corrected chi connectivity index (χ4v) is 1.31. The summed E-state index contributed by atoms with van der Waals surface area (Å²) in [4.78, 5) is 14.9. The number of fused-ring (bicyclic) bond motifs is 1. The van der Waals surface area contributed by atoms with Gasteiger partial charge in [-0.15, -0.1) is 0 Å². The second-order valence-electron chi connectivity index (χ2n) is 3.02. The Morgan fingerprint density at radius 3 is 3.23 bits per heavy atom. The predicted molar refractivity (Wildman–Crippen MR) is 43.1 cm³/mol. The molecule has 0 fully saturated rings. The molecule has 0 aromatic carbocycles. The average molecular weight is 181 g/mol. The van der Waals surface area contributed by atoms with Gasteiger partial charge in [0.05, 0.1) is 6.20 Å². The highest BCUT2D eigenvalue weighted by Crippen LogP contribution is 2.29. The SMILES string of the molecule is CC1C(=O)COc2ncc(F)cc21. The molecule has 1 aliphatic heterocycles. The topological polar surface area (TPSA) is 39.2 Å². The summed E-state index contributed by atoms with van der Waals surface area (Å²) in [5, 5.41) is 0. The van der Waals surface area contributed by atoms with Crippen molar-refractivity contribution in [3.05, 3.63) is 23.6 Å². The third-order valence-electron chi connectivity index (χ3n) is 2.15. The maximum atomic E-state index is 12.8. The minimum absolute atomic E-state index is 0.0345. The van der Waals surface area contributed by atoms with Gasteiger partial charge in [-0.05, 0) is 6.07 Å². The van der Waals surface area contributed by atoms with Crippen molar-refractivity contribution >= 4 is 5.78 Å². The van der Waals surface area contributed by atoms with Crippen LogP contribution in [0.5, 0.6) is 5.88 Å². The Balaban J connectivity index is 2.51. The van der Waals surface area contributed by atoms with Crippen LogP contribution in [0, 0.1) is 5.82 Å². The van der Waals surface area contributed by atoms with E-state index >= 15 is 0 Å². The number of ether oxygens (including phenoxy) is 1. The van der Waals surface area contributed by atoms with E-state index in [0.717, 1.165) is 6.20 Å². The standard InChI is InChI=1S/C9H8FNO2/c1-5-7-2-6(10)3-11-9(7)13-4-8(5)12/h2-3,5H,4H2,1H3. The number of rotatable bonds is 0. The third kappa shape index (κ3) is 1.28. The molecule has 1 aromatic heterocycles. The van der Waals surface area contributed by atoms with Gasteiger partial charge in [-0.2, -0.15) is 0 Å². The van der Waals surface area contributed by atoms with E-state index in [1.54, 1.807) is 6.92 Å². The molecule has 0 aliphatic carbocycles. The minimum Gasteiger partial charge on any atom is -0.469 e. The Morgan fingerprint density at radius 2 is 2.46 bits per heavy atom. The lowest BCUT2D eigenvalue weighted by atomic mass is 9.96. The molecule has 0 radical (unpaired) electrons. The fraction of sp³-hybridized carbons (Fsp3) is 0.333. The van der Waals surface area contributed by atoms with Crippen molar-refractivity contribution in [2.45, 2.75) is 12.8 Å². The molecule has 2 rings (SSSR count). The fourth-order valence-electron chi connectivity index (χ4n) is 1.31. The molecule has 0 saturated carbocycles. The quantitative estimate of drug-likeness (QED) is 0.605. The minimum atomic E-state index is -0.441. The van der Waals surface area contributed by atoms with Crippen LogP contribution in [0.2, 0.25) is 0 Å². The van der Waals surface area contributed by atoms with E-state index in [4.69, 9.17) is 4.74 Å². The zero-order chi connectivity index (χ0) is 9.42. The molecule has 0 bridgehead atoms. The maximum Gasteiger partial charge on any atom is 0.217 e. The second kappa shape index (κ2) is 2.80. The van der Waals surface area contributed by atoms with E-state index in [-0.39, 0.29) is 18.3 Å². The van der Waals surface area contributed by atoms with Gasteiger partial charge in [-0.25, -0.2) is 9.37 Å². The van der Waals surface area contributed by atoms with Gasteiger partial charge in [0.25, 0.3) is 0 Å². The number of hydrogen-bond donors (Lipinski definition) is 0. The highest BCUT2D eigenvalue weighted by Gasteiger charge is 2.26. The molecule has 0 amide bonds. The highest BCUT2D eigenvalue weighted by atomic mass is 19.1. The number of carbonyl (C=O) groups is 1. The summed E-state index contributed by atoms with van der Waals surface area (Å²) in [7, 11) is 0. The Hall–Kier alpha value is -1.45. The normalized spacial score (nSPS) is 20.8. The number of ketones is 1. The number of hydrogen-bond acceptors (Lipinski definition) is 3. The molecule has 68 valence electrons. The molecule has 1 unspecified atom stereocenters. The Morgan fingerprint density at radius 1 is 1.69 bits per heavy atom. The van der Waals surface area contributed by atoms with Gasteiger partial charge in [0.1, 0.15) is 12.4 Å². The van der Waals surface area contributed by atoms with Crippen LogP contribution in [0.4, 0.5) is 4.39 Å². The summed E-state index contributed by atoms with van der Waals surface area (Å²) in [5.74, 6) is -0.427. The summed E-state index contributed by atoms with van der Waals surface area (Å²) in [5.41, 5.74) is 0.538. The number of carbonyl (C=O) groups excluding carboxylic acids is 1. The number of aromatic nitrogens is 1. The van der Waals surface area contributed by atoms with Gasteiger partial charge in [0, 0.05) is 11.5 Å². The second-order valence-corrected chi connectivity index (χ2v) is 3.02. The first-order valence-electron chi connectivity index (χ1n) is 3.99. The van der Waals surface area contributed by atoms with E-state index in [1.165, 1.54) is 6.07 Å². The Bertz CT molecular complexity index is 365. The highest BCUT2D eigenvalue weighted by molar-refractivity contribution is 5.88. The molecule has 1 atom stereocenters. The van der Waals surface area contributed by atoms with Crippen molar-refractivity contribution in [2.24, 2.45) is 0 Å². The zero-order valence-corrected chi connectivity index (χ0v) is 7.08. The van der Waals surface area contributed by atoms with Crippen molar-refractivity contribution in [3.63, 3.8) is 0 Å². The van der Waals surface area contributed by atoms with Crippen LogP contribution in [-0.4, -0.2) is 17.4 Å². The van der Waals surface area contributed by atoms with Crippen LogP contribution in [0.15, 0.2) is 12.3 Å². The molecule has 13 heavy (non-hydrogen) atoms. The van der Waals surface area contributed by atoms with Gasteiger partial charge in [0.2, 0.25) is 5.88 Å². The summed E-state index contributed by atoms with van der Waals surface area (Å²) >= 11 is 0. The van der Waals surface area contributed by atoms with Crippen LogP contribution in [0.1, 0.15) is 18.4 Å². The van der Waals surface area contributed by atoms with Crippen LogP contribution < -0.4 is 4.74 Å². The smallest absolute Gasteiger partial charge is 0.217 e. The van der Waals surface area contributed by atoms with Crippen LogP contribution in [-0.2, 0) is 4.79 Å². The number of Topliss-reactive ketones (excluding diaryl/α,β-unsaturated/α-hetero) is 1. The van der Waals surface area contributed by atoms with E-state index in [9.17, 15) is 9.18 Å². The maximum absolute atomic E-state index is 12.8. The molecular formula is C9H8FNO2. The molecule has 3 nitrogen and oxygen atoms in total. The largest absolute Gasteiger partial charge is 0.469 e. The monoisotopic (exact) mass is 181 g/mol. The number of nitrogens with zero attached hydrogens (tertiary/aromatic N) is 1. The molecule has 4 heteroatoms. The average Bonchev–Trinajstić information content (AvgIpc) is 2.12. The molecule has 1 aliphatic rings. The summed E-state index contributed by atoms with van der Waals surface area (Å²) < 4.78 is 17.8. The van der Waals surface area contributed by atoms with E-state index < -0.39 is 5.82 Å². The Labute approximate surface area is 74.5 Å². The first-order valence-corrected chi connectivity index (χ1v) is 3.99. The van der Waals surface area contributed by atoms with Crippen molar-refractivity contribution in [1.82, 2.24) is 4.98 Å². The number of halogens is 1. The van der Waals surface area contributed by atoms with E-state index in [1.807, 2.05) is 0 Å². The van der Waals surface area contributed by atoms with Crippen molar-refractivity contribution in [2.75, 3.05) is 6.61 Å². The number of pyridine rings is 1. The summed E-state index contributed by atoms with van der Waals surface area (Å²) in [6.07, 6.45) is 1.08. The summed E-state index contributed by atoms with van der Waals surface area (Å²) in [6, 6.07) is 1.30. The lowest BCUT2D eigenvalue weighted by molar-refractivity contribution is -0.123.